The molecule has 1 aromatic carbocycles. The Balaban J connectivity index is 0.000000477. The third kappa shape index (κ3) is 17.9. The van der Waals surface area contributed by atoms with Crippen LogP contribution in [0.2, 0.25) is 0 Å². The molecule has 0 bridgehead atoms. The van der Waals surface area contributed by atoms with E-state index in [9.17, 15) is 4.39 Å². The molecule has 264 valence electrons. The van der Waals surface area contributed by atoms with Crippen LogP contribution in [0.25, 0.3) is 0 Å². The first-order valence-corrected chi connectivity index (χ1v) is 18.2. The molecule has 2 saturated heterocycles. The van der Waals surface area contributed by atoms with Crippen LogP contribution < -0.4 is 16.2 Å². The van der Waals surface area contributed by atoms with Crippen molar-refractivity contribution < 1.29 is 13.9 Å². The number of rotatable bonds is 11. The first kappa shape index (κ1) is 42.3. The third-order valence-electron chi connectivity index (χ3n) is 8.01. The molecule has 2 aromatic rings. The van der Waals surface area contributed by atoms with Crippen LogP contribution in [0.4, 0.5) is 4.39 Å². The van der Waals surface area contributed by atoms with Crippen LogP contribution in [0, 0.1) is 17.1 Å². The molecule has 4 N–H and O–H groups in total. The molecule has 1 unspecified atom stereocenters. The van der Waals surface area contributed by atoms with E-state index in [1.807, 2.05) is 36.9 Å². The van der Waals surface area contributed by atoms with Crippen molar-refractivity contribution >= 4 is 17.6 Å². The van der Waals surface area contributed by atoms with E-state index >= 15 is 0 Å². The molecule has 10 heteroatoms. The molecule has 2 aliphatic rings. The van der Waals surface area contributed by atoms with Gasteiger partial charge < -0.3 is 20.9 Å². The van der Waals surface area contributed by atoms with E-state index in [0.717, 1.165) is 44.5 Å². The van der Waals surface area contributed by atoms with Gasteiger partial charge in [0.25, 0.3) is 0 Å². The van der Waals surface area contributed by atoms with E-state index in [0.29, 0.717) is 41.9 Å². The number of amidine groups is 1. The fraction of sp³-hybridized carbons (Fsp3) is 0.649. The van der Waals surface area contributed by atoms with Crippen molar-refractivity contribution in [1.29, 1.82) is 5.26 Å². The Morgan fingerprint density at radius 3 is 2.21 bits per heavy atom. The second-order valence-electron chi connectivity index (χ2n) is 13.0. The first-order valence-electron chi connectivity index (χ1n) is 17.1. The summed E-state index contributed by atoms with van der Waals surface area (Å²) in [7, 11) is 1.71. The molecule has 0 amide bonds. The van der Waals surface area contributed by atoms with Crippen LogP contribution in [-0.2, 0) is 11.3 Å². The first-order chi connectivity index (χ1) is 22.3. The highest BCUT2D eigenvalue weighted by atomic mass is 32.2. The number of halogens is 1. The fourth-order valence-electron chi connectivity index (χ4n) is 4.02. The van der Waals surface area contributed by atoms with Crippen LogP contribution in [0.15, 0.2) is 41.4 Å². The topological polar surface area (TPSA) is 123 Å². The van der Waals surface area contributed by atoms with Gasteiger partial charge in [0.2, 0.25) is 5.88 Å². The Bertz CT molecular complexity index is 1200. The normalized spacial score (nSPS) is 16.4. The summed E-state index contributed by atoms with van der Waals surface area (Å²) in [6.45, 7) is 18.0. The molecule has 8 nitrogen and oxygen atoms in total. The number of aliphatic imine (C=N–C) groups is 1. The molecule has 47 heavy (non-hydrogen) atoms. The molecule has 0 radical (unpaired) electrons. The minimum atomic E-state index is -0.447. The van der Waals surface area contributed by atoms with Crippen LogP contribution in [0.1, 0.15) is 110 Å². The number of nitriles is 1. The van der Waals surface area contributed by atoms with E-state index in [1.54, 1.807) is 25.2 Å². The number of piperidine rings is 1. The number of aromatic nitrogens is 1. The van der Waals surface area contributed by atoms with Gasteiger partial charge in [0, 0.05) is 35.8 Å². The lowest BCUT2D eigenvalue weighted by Gasteiger charge is -2.31. The van der Waals surface area contributed by atoms with Crippen molar-refractivity contribution in [1.82, 2.24) is 9.88 Å². The van der Waals surface area contributed by atoms with Gasteiger partial charge in [-0.2, -0.15) is 17.0 Å². The lowest BCUT2D eigenvalue weighted by molar-refractivity contribution is -0.0417. The second-order valence-corrected chi connectivity index (χ2v) is 14.2. The summed E-state index contributed by atoms with van der Waals surface area (Å²) in [6, 6.07) is 12.0. The number of ether oxygens (including phenoxy) is 2. The molecule has 0 saturated carbocycles. The number of nitrogens with zero attached hydrogens (tertiary/aromatic N) is 4. The number of pyridine rings is 1. The molecule has 1 aromatic heterocycles. The standard InChI is InChI=1S/C21H24FN5O.C10H23NO.C3H6S.C3H8/c1-25-20(24)13-27-9-7-16(8-10-27)19-3-2-4-21(26-19)28-14-17-6-5-15(12-23)11-18(17)22;1-6-9(3,4)12-8-10(5,11)7-2;1-2-4-3-1;1-3-2/h2-6,11,16H,7-10,13-14H2,1H3,(H2,24,25);6-8,11H2,1-5H3;1-3H2;3H2,1-2H3. The molecular weight excluding hydrogens is 612 g/mol. The summed E-state index contributed by atoms with van der Waals surface area (Å²) >= 11 is 2.04. The summed E-state index contributed by atoms with van der Waals surface area (Å²) in [5, 5.41) is 8.81. The maximum absolute atomic E-state index is 14.0. The predicted octanol–water partition coefficient (Wildman–Crippen LogP) is 7.70. The van der Waals surface area contributed by atoms with Crippen molar-refractivity contribution in [3.63, 3.8) is 0 Å². The zero-order valence-corrected chi connectivity index (χ0v) is 31.1. The molecule has 0 spiro atoms. The second kappa shape index (κ2) is 22.8. The number of nitrogens with two attached hydrogens (primary N) is 2. The molecular formula is C37H61FN6O2S. The predicted molar refractivity (Wildman–Crippen MR) is 197 cm³/mol. The largest absolute Gasteiger partial charge is 0.473 e. The van der Waals surface area contributed by atoms with E-state index in [-0.39, 0.29) is 17.7 Å². The number of likely N-dealkylation sites (tertiary alicyclic amines) is 1. The third-order valence-corrected chi connectivity index (χ3v) is 9.17. The lowest BCUT2D eigenvalue weighted by atomic mass is 9.93. The van der Waals surface area contributed by atoms with Crippen LogP contribution in [-0.4, -0.2) is 71.7 Å². The van der Waals surface area contributed by atoms with Crippen molar-refractivity contribution in [2.45, 2.75) is 111 Å². The van der Waals surface area contributed by atoms with E-state index in [2.05, 4.69) is 56.4 Å². The van der Waals surface area contributed by atoms with Gasteiger partial charge in [0.05, 0.1) is 30.4 Å². The van der Waals surface area contributed by atoms with Gasteiger partial charge in [0.15, 0.2) is 0 Å². The van der Waals surface area contributed by atoms with E-state index in [1.165, 1.54) is 30.4 Å². The van der Waals surface area contributed by atoms with Gasteiger partial charge in [-0.15, -0.1) is 0 Å². The highest BCUT2D eigenvalue weighted by molar-refractivity contribution is 8.00. The maximum Gasteiger partial charge on any atom is 0.213 e. The molecule has 3 heterocycles. The zero-order valence-electron chi connectivity index (χ0n) is 30.3. The molecule has 4 rings (SSSR count). The van der Waals surface area contributed by atoms with Crippen LogP contribution >= 0.6 is 11.8 Å². The number of benzene rings is 1. The van der Waals surface area contributed by atoms with Gasteiger partial charge in [-0.3, -0.25) is 9.89 Å². The Kier molecular flexibility index (Phi) is 20.5. The Morgan fingerprint density at radius 2 is 1.72 bits per heavy atom. The van der Waals surface area contributed by atoms with Gasteiger partial charge in [0.1, 0.15) is 18.3 Å². The number of hydrogen-bond acceptors (Lipinski definition) is 8. The summed E-state index contributed by atoms with van der Waals surface area (Å²) in [6.07, 6.45) is 6.68. The lowest BCUT2D eigenvalue weighted by Crippen LogP contribution is -2.43. The van der Waals surface area contributed by atoms with Crippen LogP contribution in [0.3, 0.4) is 0 Å². The maximum atomic E-state index is 14.0. The molecule has 0 aliphatic carbocycles. The molecule has 2 fully saturated rings. The molecule has 1 atom stereocenters. The Hall–Kier alpha value is -2.71. The van der Waals surface area contributed by atoms with Gasteiger partial charge in [-0.1, -0.05) is 46.2 Å². The summed E-state index contributed by atoms with van der Waals surface area (Å²) in [4.78, 5) is 10.9. The Morgan fingerprint density at radius 1 is 1.11 bits per heavy atom. The summed E-state index contributed by atoms with van der Waals surface area (Å²) < 4.78 is 25.4. The minimum absolute atomic E-state index is 0.0319. The number of thioether (sulfide) groups is 1. The average molecular weight is 673 g/mol. The van der Waals surface area contributed by atoms with Crippen LogP contribution in [0.5, 0.6) is 5.88 Å². The quantitative estimate of drug-likeness (QED) is 0.184. The van der Waals surface area contributed by atoms with Gasteiger partial charge in [-0.25, -0.2) is 9.37 Å². The smallest absolute Gasteiger partial charge is 0.213 e. The summed E-state index contributed by atoms with van der Waals surface area (Å²) in [5.74, 6) is 3.89. The highest BCUT2D eigenvalue weighted by Gasteiger charge is 2.23. The Labute approximate surface area is 288 Å². The van der Waals surface area contributed by atoms with Crippen molar-refractivity contribution in [2.75, 3.05) is 44.8 Å². The highest BCUT2D eigenvalue weighted by Crippen LogP contribution is 2.28. The fourth-order valence-corrected chi connectivity index (χ4v) is 4.31. The van der Waals surface area contributed by atoms with E-state index in [4.69, 9.17) is 26.2 Å². The SMILES string of the molecule is C1CSC1.CCC.CCC(C)(N)COC(C)(C)CC.CN=C(N)CN1CCC(c2cccc(OCc3ccc(C#N)cc3F)n2)CC1. The van der Waals surface area contributed by atoms with Gasteiger partial charge in [-0.05, 0) is 95.7 Å². The van der Waals surface area contributed by atoms with Gasteiger partial charge >= 0.3 is 0 Å². The monoisotopic (exact) mass is 672 g/mol. The van der Waals surface area contributed by atoms with Crippen molar-refractivity contribution in [3.05, 3.63) is 59.0 Å². The average Bonchev–Trinajstić information content (AvgIpc) is 3.03. The zero-order chi connectivity index (χ0) is 35.3. The molecule has 2 aliphatic heterocycles. The minimum Gasteiger partial charge on any atom is -0.473 e. The van der Waals surface area contributed by atoms with Crippen molar-refractivity contribution in [2.24, 2.45) is 16.5 Å². The van der Waals surface area contributed by atoms with E-state index < -0.39 is 5.82 Å². The van der Waals surface area contributed by atoms with Crippen molar-refractivity contribution in [3.8, 4) is 11.9 Å². The number of hydrogen-bond donors (Lipinski definition) is 2. The summed E-state index contributed by atoms with van der Waals surface area (Å²) in [5.41, 5.74) is 13.2.